The van der Waals surface area contributed by atoms with Gasteiger partial charge in [0.2, 0.25) is 5.91 Å². The molecule has 2 unspecified atom stereocenters. The summed E-state index contributed by atoms with van der Waals surface area (Å²) in [6.07, 6.45) is 0.636. The van der Waals surface area contributed by atoms with Crippen LogP contribution in [0.4, 0.5) is 3.89 Å². The standard InChI is InChI=1S/C9H16FNO4S/c1-2-8(5-12)11-4-7(3-9(11)13)6-16(10,14)15/h7-8,12H,2-6H2,1H3. The van der Waals surface area contributed by atoms with Crippen LogP contribution in [0.15, 0.2) is 0 Å². The van der Waals surface area contributed by atoms with Crippen LogP contribution in [0, 0.1) is 5.92 Å². The Kier molecular flexibility index (Phi) is 4.26. The monoisotopic (exact) mass is 253 g/mol. The SMILES string of the molecule is CCC(CO)N1CC(CS(=O)(=O)F)CC1=O. The van der Waals surface area contributed by atoms with Gasteiger partial charge in [-0.05, 0) is 6.42 Å². The molecule has 0 saturated carbocycles. The molecule has 1 N–H and O–H groups in total. The van der Waals surface area contributed by atoms with Crippen LogP contribution in [0.5, 0.6) is 0 Å². The van der Waals surface area contributed by atoms with Gasteiger partial charge in [-0.2, -0.15) is 8.42 Å². The molecular weight excluding hydrogens is 237 g/mol. The summed E-state index contributed by atoms with van der Waals surface area (Å²) in [6.45, 7) is 1.88. The van der Waals surface area contributed by atoms with Gasteiger partial charge in [0, 0.05) is 18.9 Å². The number of hydrogen-bond acceptors (Lipinski definition) is 4. The van der Waals surface area contributed by atoms with E-state index in [1.807, 2.05) is 6.92 Å². The molecule has 0 aromatic heterocycles. The molecule has 0 aromatic carbocycles. The number of aliphatic hydroxyl groups is 1. The number of likely N-dealkylation sites (tertiary alicyclic amines) is 1. The fourth-order valence-electron chi connectivity index (χ4n) is 2.00. The molecule has 2 atom stereocenters. The van der Waals surface area contributed by atoms with E-state index in [2.05, 4.69) is 0 Å². The third-order valence-corrected chi connectivity index (χ3v) is 3.67. The Morgan fingerprint density at radius 1 is 1.62 bits per heavy atom. The molecule has 1 amide bonds. The van der Waals surface area contributed by atoms with E-state index in [9.17, 15) is 17.1 Å². The number of aliphatic hydroxyl groups excluding tert-OH is 1. The fourth-order valence-corrected chi connectivity index (χ4v) is 2.79. The molecule has 0 aliphatic carbocycles. The molecule has 1 saturated heterocycles. The summed E-state index contributed by atoms with van der Waals surface area (Å²) in [7, 11) is -4.53. The molecule has 7 heteroatoms. The molecule has 94 valence electrons. The van der Waals surface area contributed by atoms with Crippen LogP contribution in [0.2, 0.25) is 0 Å². The average Bonchev–Trinajstić information content (AvgIpc) is 2.46. The Hall–Kier alpha value is -0.690. The molecule has 0 radical (unpaired) electrons. The van der Waals surface area contributed by atoms with Gasteiger partial charge in [-0.15, -0.1) is 3.89 Å². The molecule has 1 aliphatic rings. The van der Waals surface area contributed by atoms with Crippen molar-refractivity contribution >= 4 is 16.1 Å². The van der Waals surface area contributed by atoms with E-state index in [-0.39, 0.29) is 31.5 Å². The van der Waals surface area contributed by atoms with Crippen LogP contribution in [0.3, 0.4) is 0 Å². The second-order valence-electron chi connectivity index (χ2n) is 4.07. The summed E-state index contributed by atoms with van der Waals surface area (Å²) in [5.41, 5.74) is 0. The van der Waals surface area contributed by atoms with Gasteiger partial charge in [0.25, 0.3) is 0 Å². The minimum absolute atomic E-state index is 0.0413. The lowest BCUT2D eigenvalue weighted by Gasteiger charge is -2.25. The topological polar surface area (TPSA) is 74.7 Å². The van der Waals surface area contributed by atoms with Crippen LogP contribution in [-0.2, 0) is 15.0 Å². The van der Waals surface area contributed by atoms with Crippen LogP contribution in [0.25, 0.3) is 0 Å². The largest absolute Gasteiger partial charge is 0.394 e. The van der Waals surface area contributed by atoms with Crippen molar-refractivity contribution in [1.82, 2.24) is 4.90 Å². The number of halogens is 1. The first kappa shape index (κ1) is 13.4. The predicted octanol–water partition coefficient (Wildman–Crippen LogP) is -0.0949. The maximum Gasteiger partial charge on any atom is 0.302 e. The van der Waals surface area contributed by atoms with Crippen molar-refractivity contribution < 1.29 is 22.2 Å². The minimum Gasteiger partial charge on any atom is -0.394 e. The van der Waals surface area contributed by atoms with Crippen LogP contribution in [0.1, 0.15) is 19.8 Å². The van der Waals surface area contributed by atoms with Gasteiger partial charge in [-0.1, -0.05) is 6.92 Å². The first-order valence-corrected chi connectivity index (χ1v) is 6.75. The van der Waals surface area contributed by atoms with E-state index in [4.69, 9.17) is 5.11 Å². The Bertz CT molecular complexity index is 353. The highest BCUT2D eigenvalue weighted by Gasteiger charge is 2.35. The summed E-state index contributed by atoms with van der Waals surface area (Å²) in [5, 5.41) is 9.04. The van der Waals surface area contributed by atoms with Gasteiger partial charge >= 0.3 is 10.2 Å². The number of carbonyl (C=O) groups is 1. The van der Waals surface area contributed by atoms with E-state index in [1.165, 1.54) is 4.90 Å². The Morgan fingerprint density at radius 3 is 2.69 bits per heavy atom. The number of amides is 1. The lowest BCUT2D eigenvalue weighted by molar-refractivity contribution is -0.130. The zero-order valence-corrected chi connectivity index (χ0v) is 9.91. The number of hydrogen-bond donors (Lipinski definition) is 1. The van der Waals surface area contributed by atoms with Gasteiger partial charge in [-0.3, -0.25) is 4.79 Å². The fraction of sp³-hybridized carbons (Fsp3) is 0.889. The van der Waals surface area contributed by atoms with Crippen molar-refractivity contribution in [3.8, 4) is 0 Å². The van der Waals surface area contributed by atoms with Crippen LogP contribution in [-0.4, -0.2) is 49.3 Å². The van der Waals surface area contributed by atoms with E-state index < -0.39 is 21.9 Å². The number of nitrogens with zero attached hydrogens (tertiary/aromatic N) is 1. The number of rotatable bonds is 5. The highest BCUT2D eigenvalue weighted by molar-refractivity contribution is 7.86. The van der Waals surface area contributed by atoms with Crippen molar-refractivity contribution in [3.05, 3.63) is 0 Å². The van der Waals surface area contributed by atoms with Crippen LogP contribution >= 0.6 is 0 Å². The van der Waals surface area contributed by atoms with Crippen LogP contribution < -0.4 is 0 Å². The summed E-state index contributed by atoms with van der Waals surface area (Å²) >= 11 is 0. The zero-order valence-electron chi connectivity index (χ0n) is 9.10. The first-order chi connectivity index (χ1) is 7.37. The average molecular weight is 253 g/mol. The van der Waals surface area contributed by atoms with Crippen molar-refractivity contribution in [3.63, 3.8) is 0 Å². The lowest BCUT2D eigenvalue weighted by Crippen LogP contribution is -2.38. The first-order valence-electron chi connectivity index (χ1n) is 5.20. The Balaban J connectivity index is 2.63. The number of carbonyl (C=O) groups excluding carboxylic acids is 1. The molecule has 1 aliphatic heterocycles. The van der Waals surface area contributed by atoms with E-state index in [0.29, 0.717) is 6.42 Å². The van der Waals surface area contributed by atoms with Crippen molar-refractivity contribution in [2.45, 2.75) is 25.8 Å². The summed E-state index contributed by atoms with van der Waals surface area (Å²) < 4.78 is 33.4. The molecule has 16 heavy (non-hydrogen) atoms. The molecule has 1 heterocycles. The molecular formula is C9H16FNO4S. The lowest BCUT2D eigenvalue weighted by atomic mass is 10.1. The van der Waals surface area contributed by atoms with Gasteiger partial charge < -0.3 is 10.0 Å². The second-order valence-corrected chi connectivity index (χ2v) is 5.48. The maximum absolute atomic E-state index is 12.5. The van der Waals surface area contributed by atoms with Gasteiger partial charge in [0.1, 0.15) is 0 Å². The van der Waals surface area contributed by atoms with Gasteiger partial charge in [-0.25, -0.2) is 0 Å². The highest BCUT2D eigenvalue weighted by atomic mass is 32.3. The van der Waals surface area contributed by atoms with Crippen molar-refractivity contribution in [1.29, 1.82) is 0 Å². The molecule has 0 spiro atoms. The quantitative estimate of drug-likeness (QED) is 0.695. The van der Waals surface area contributed by atoms with E-state index in [1.54, 1.807) is 0 Å². The van der Waals surface area contributed by atoms with Gasteiger partial charge in [0.05, 0.1) is 18.4 Å². The molecule has 5 nitrogen and oxygen atoms in total. The Morgan fingerprint density at radius 2 is 2.25 bits per heavy atom. The van der Waals surface area contributed by atoms with Crippen molar-refractivity contribution in [2.75, 3.05) is 18.9 Å². The normalized spacial score (nSPS) is 23.8. The maximum atomic E-state index is 12.5. The third kappa shape index (κ3) is 3.41. The second kappa shape index (κ2) is 5.09. The third-order valence-electron chi connectivity index (χ3n) is 2.80. The predicted molar refractivity (Wildman–Crippen MR) is 55.9 cm³/mol. The van der Waals surface area contributed by atoms with Crippen molar-refractivity contribution in [2.24, 2.45) is 5.92 Å². The molecule has 0 bridgehead atoms. The summed E-state index contributed by atoms with van der Waals surface area (Å²) in [5.74, 6) is -1.32. The zero-order chi connectivity index (χ0) is 12.3. The van der Waals surface area contributed by atoms with E-state index >= 15 is 0 Å². The highest BCUT2D eigenvalue weighted by Crippen LogP contribution is 2.23. The summed E-state index contributed by atoms with van der Waals surface area (Å²) in [4.78, 5) is 13.0. The molecule has 1 fully saturated rings. The molecule has 1 rings (SSSR count). The van der Waals surface area contributed by atoms with Gasteiger partial charge in [0.15, 0.2) is 0 Å². The Labute approximate surface area is 94.5 Å². The smallest absolute Gasteiger partial charge is 0.302 e. The van der Waals surface area contributed by atoms with E-state index in [0.717, 1.165) is 0 Å². The minimum atomic E-state index is -4.53. The molecule has 0 aromatic rings. The summed E-state index contributed by atoms with van der Waals surface area (Å²) in [6, 6.07) is -0.292.